The fraction of sp³-hybridized carbons (Fsp3) is 0.385. The van der Waals surface area contributed by atoms with Crippen LogP contribution in [0.1, 0.15) is 35.2 Å². The Labute approximate surface area is 112 Å². The van der Waals surface area contributed by atoms with Gasteiger partial charge >= 0.3 is 12.1 Å². The molecule has 7 heteroatoms. The number of carbonyl (C=O) groups is 2. The lowest BCUT2D eigenvalue weighted by Crippen LogP contribution is -2.36. The maximum Gasteiger partial charge on any atom is 0.418 e. The van der Waals surface area contributed by atoms with E-state index in [4.69, 9.17) is 5.11 Å². The van der Waals surface area contributed by atoms with Gasteiger partial charge in [0.1, 0.15) is 0 Å². The molecule has 1 aliphatic rings. The molecule has 0 aromatic heterocycles. The van der Waals surface area contributed by atoms with Gasteiger partial charge in [0.15, 0.2) is 0 Å². The monoisotopic (exact) mass is 287 g/mol. The zero-order valence-electron chi connectivity index (χ0n) is 10.4. The number of alkyl halides is 3. The lowest BCUT2D eigenvalue weighted by molar-refractivity contribution is -0.137. The summed E-state index contributed by atoms with van der Waals surface area (Å²) >= 11 is 0. The number of halogens is 3. The third-order valence-corrected chi connectivity index (χ3v) is 3.16. The Morgan fingerprint density at radius 2 is 1.95 bits per heavy atom. The molecule has 4 nitrogen and oxygen atoms in total. The Morgan fingerprint density at radius 3 is 2.50 bits per heavy atom. The zero-order valence-corrected chi connectivity index (χ0v) is 10.4. The quantitative estimate of drug-likeness (QED) is 0.909. The molecule has 1 aliphatic heterocycles. The molecule has 1 N–H and O–H groups in total. The highest BCUT2D eigenvalue weighted by atomic mass is 19.4. The van der Waals surface area contributed by atoms with Crippen LogP contribution in [0, 0.1) is 0 Å². The first-order valence-electron chi connectivity index (χ1n) is 6.05. The van der Waals surface area contributed by atoms with Crippen molar-refractivity contribution in [2.75, 3.05) is 11.4 Å². The van der Waals surface area contributed by atoms with E-state index in [-0.39, 0.29) is 24.6 Å². The molecule has 1 aromatic rings. The minimum atomic E-state index is -4.71. The van der Waals surface area contributed by atoms with Gasteiger partial charge in [0.25, 0.3) is 0 Å². The highest BCUT2D eigenvalue weighted by Gasteiger charge is 2.37. The van der Waals surface area contributed by atoms with Crippen LogP contribution in [0.2, 0.25) is 0 Å². The minimum absolute atomic E-state index is 0.206. The van der Waals surface area contributed by atoms with Crippen molar-refractivity contribution in [1.29, 1.82) is 0 Å². The van der Waals surface area contributed by atoms with E-state index in [0.717, 1.165) is 17.0 Å². The van der Waals surface area contributed by atoms with Gasteiger partial charge in [0.2, 0.25) is 5.91 Å². The van der Waals surface area contributed by atoms with E-state index >= 15 is 0 Å². The SMILES string of the molecule is O=C(O)c1ccc(N2CCCCC2=O)c(C(F)(F)F)c1. The van der Waals surface area contributed by atoms with E-state index in [1.807, 2.05) is 0 Å². The van der Waals surface area contributed by atoms with Crippen LogP contribution in [0.4, 0.5) is 18.9 Å². The highest BCUT2D eigenvalue weighted by molar-refractivity contribution is 5.96. The summed E-state index contributed by atoms with van der Waals surface area (Å²) in [6.45, 7) is 0.217. The van der Waals surface area contributed by atoms with Gasteiger partial charge in [-0.15, -0.1) is 0 Å². The number of carboxylic acid groups (broad SMARTS) is 1. The van der Waals surface area contributed by atoms with Crippen LogP contribution in [0.5, 0.6) is 0 Å². The number of carboxylic acids is 1. The minimum Gasteiger partial charge on any atom is -0.478 e. The second kappa shape index (κ2) is 5.15. The molecule has 108 valence electrons. The van der Waals surface area contributed by atoms with Gasteiger partial charge < -0.3 is 10.0 Å². The van der Waals surface area contributed by atoms with Gasteiger partial charge in [0, 0.05) is 13.0 Å². The average Bonchev–Trinajstić information content (AvgIpc) is 2.37. The summed E-state index contributed by atoms with van der Waals surface area (Å²) in [5.74, 6) is -1.81. The summed E-state index contributed by atoms with van der Waals surface area (Å²) in [5, 5.41) is 8.78. The second-order valence-corrected chi connectivity index (χ2v) is 4.54. The summed E-state index contributed by atoms with van der Waals surface area (Å²) in [6.07, 6.45) is -3.22. The predicted octanol–water partition coefficient (Wildman–Crippen LogP) is 2.92. The molecule has 0 unspecified atom stereocenters. The summed E-state index contributed by atoms with van der Waals surface area (Å²) in [7, 11) is 0. The summed E-state index contributed by atoms with van der Waals surface area (Å²) in [6, 6.07) is 2.70. The van der Waals surface area contributed by atoms with Crippen LogP contribution >= 0.6 is 0 Å². The molecule has 0 aliphatic carbocycles. The van der Waals surface area contributed by atoms with Crippen molar-refractivity contribution in [3.05, 3.63) is 29.3 Å². The zero-order chi connectivity index (χ0) is 14.9. The molecule has 0 atom stereocenters. The van der Waals surface area contributed by atoms with E-state index in [9.17, 15) is 22.8 Å². The molecule has 1 aromatic carbocycles. The molecule has 20 heavy (non-hydrogen) atoms. The third-order valence-electron chi connectivity index (χ3n) is 3.16. The first kappa shape index (κ1) is 14.4. The molecule has 2 rings (SSSR count). The molecule has 0 bridgehead atoms. The van der Waals surface area contributed by atoms with Crippen LogP contribution < -0.4 is 4.90 Å². The van der Waals surface area contributed by atoms with Crippen molar-refractivity contribution in [3.63, 3.8) is 0 Å². The van der Waals surface area contributed by atoms with E-state index in [0.29, 0.717) is 18.9 Å². The number of hydrogen-bond acceptors (Lipinski definition) is 2. The van der Waals surface area contributed by atoms with Gasteiger partial charge in [0.05, 0.1) is 16.8 Å². The second-order valence-electron chi connectivity index (χ2n) is 4.54. The number of benzene rings is 1. The smallest absolute Gasteiger partial charge is 0.418 e. The maximum atomic E-state index is 13.0. The van der Waals surface area contributed by atoms with Crippen LogP contribution in [-0.4, -0.2) is 23.5 Å². The Balaban J connectivity index is 2.51. The van der Waals surface area contributed by atoms with Crippen molar-refractivity contribution in [1.82, 2.24) is 0 Å². The molecule has 0 spiro atoms. The number of aromatic carboxylic acids is 1. The maximum absolute atomic E-state index is 13.0. The number of hydrogen-bond donors (Lipinski definition) is 1. The summed E-state index contributed by atoms with van der Waals surface area (Å²) < 4.78 is 39.1. The number of nitrogens with zero attached hydrogens (tertiary/aromatic N) is 1. The Bertz CT molecular complexity index is 554. The largest absolute Gasteiger partial charge is 0.478 e. The first-order chi connectivity index (χ1) is 9.30. The van der Waals surface area contributed by atoms with Crippen molar-refractivity contribution in [3.8, 4) is 0 Å². The van der Waals surface area contributed by atoms with Gasteiger partial charge in [-0.3, -0.25) is 4.79 Å². The van der Waals surface area contributed by atoms with Gasteiger partial charge in [-0.2, -0.15) is 13.2 Å². The van der Waals surface area contributed by atoms with Crippen LogP contribution in [0.15, 0.2) is 18.2 Å². The molecular formula is C13H12F3NO3. The fourth-order valence-electron chi connectivity index (χ4n) is 2.19. The van der Waals surface area contributed by atoms with Crippen molar-refractivity contribution >= 4 is 17.6 Å². The molecule has 1 heterocycles. The van der Waals surface area contributed by atoms with E-state index < -0.39 is 23.3 Å². The number of piperidine rings is 1. The standard InChI is InChI=1S/C13H12F3NO3/c14-13(15,16)9-7-8(12(19)20)4-5-10(9)17-6-2-1-3-11(17)18/h4-5,7H,1-3,6H2,(H,19,20). The lowest BCUT2D eigenvalue weighted by atomic mass is 10.0. The Morgan fingerprint density at radius 1 is 1.25 bits per heavy atom. The molecular weight excluding hydrogens is 275 g/mol. The molecule has 0 saturated carbocycles. The van der Waals surface area contributed by atoms with Gasteiger partial charge in [-0.25, -0.2) is 4.79 Å². The molecule has 1 saturated heterocycles. The molecule has 0 radical (unpaired) electrons. The molecule has 1 amide bonds. The fourth-order valence-corrected chi connectivity index (χ4v) is 2.19. The van der Waals surface area contributed by atoms with E-state index in [2.05, 4.69) is 0 Å². The van der Waals surface area contributed by atoms with Crippen molar-refractivity contribution < 1.29 is 27.9 Å². The van der Waals surface area contributed by atoms with Crippen molar-refractivity contribution in [2.24, 2.45) is 0 Å². The lowest BCUT2D eigenvalue weighted by Gasteiger charge is -2.29. The summed E-state index contributed by atoms with van der Waals surface area (Å²) in [4.78, 5) is 23.6. The first-order valence-corrected chi connectivity index (χ1v) is 6.05. The Hall–Kier alpha value is -2.05. The highest BCUT2D eigenvalue weighted by Crippen LogP contribution is 2.38. The van der Waals surface area contributed by atoms with Gasteiger partial charge in [-0.1, -0.05) is 0 Å². The Kier molecular flexibility index (Phi) is 3.69. The van der Waals surface area contributed by atoms with Crippen LogP contribution in [0.3, 0.4) is 0 Å². The summed E-state index contributed by atoms with van der Waals surface area (Å²) in [5.41, 5.74) is -1.81. The number of carbonyl (C=O) groups excluding carboxylic acids is 1. The molecule has 1 fully saturated rings. The van der Waals surface area contributed by atoms with Crippen LogP contribution in [-0.2, 0) is 11.0 Å². The number of anilines is 1. The van der Waals surface area contributed by atoms with Gasteiger partial charge in [-0.05, 0) is 31.0 Å². The number of rotatable bonds is 2. The predicted molar refractivity (Wildman–Crippen MR) is 64.6 cm³/mol. The van der Waals surface area contributed by atoms with E-state index in [1.165, 1.54) is 0 Å². The number of amides is 1. The third kappa shape index (κ3) is 2.76. The van der Waals surface area contributed by atoms with Crippen molar-refractivity contribution in [2.45, 2.75) is 25.4 Å². The normalized spacial score (nSPS) is 16.4. The van der Waals surface area contributed by atoms with Crippen LogP contribution in [0.25, 0.3) is 0 Å². The average molecular weight is 287 g/mol. The van der Waals surface area contributed by atoms with E-state index in [1.54, 1.807) is 0 Å². The topological polar surface area (TPSA) is 57.6 Å².